The quantitative estimate of drug-likeness (QED) is 0.862. The van der Waals surface area contributed by atoms with Gasteiger partial charge in [-0.1, -0.05) is 48.7 Å². The zero-order chi connectivity index (χ0) is 14.0. The smallest absolute Gasteiger partial charge is 0.353 e. The summed E-state index contributed by atoms with van der Waals surface area (Å²) >= 11 is 0. The summed E-state index contributed by atoms with van der Waals surface area (Å²) in [6, 6.07) is 11.8. The summed E-state index contributed by atoms with van der Waals surface area (Å²) < 4.78 is 2.02. The molecule has 0 unspecified atom stereocenters. The third kappa shape index (κ3) is 2.06. The lowest BCUT2D eigenvalue weighted by atomic mass is 10.0. The highest BCUT2D eigenvalue weighted by molar-refractivity contribution is 5.37. The van der Waals surface area contributed by atoms with E-state index in [2.05, 4.69) is 11.9 Å². The summed E-state index contributed by atoms with van der Waals surface area (Å²) in [5, 5.41) is 11.2. The fourth-order valence-corrected chi connectivity index (χ4v) is 2.78. The molecule has 3 rings (SSSR count). The number of aliphatic hydroxyl groups is 1. The van der Waals surface area contributed by atoms with Gasteiger partial charge in [0, 0.05) is 11.6 Å². The number of benzene rings is 1. The van der Waals surface area contributed by atoms with Gasteiger partial charge in [0.1, 0.15) is 12.7 Å². The van der Waals surface area contributed by atoms with Gasteiger partial charge in [-0.3, -0.25) is 0 Å². The first-order valence-corrected chi connectivity index (χ1v) is 7.15. The van der Waals surface area contributed by atoms with E-state index < -0.39 is 5.72 Å². The zero-order valence-corrected chi connectivity index (χ0v) is 11.7. The third-order valence-corrected chi connectivity index (χ3v) is 3.85. The first kappa shape index (κ1) is 13.1. The van der Waals surface area contributed by atoms with Crippen molar-refractivity contribution in [1.82, 2.24) is 4.98 Å². The average Bonchev–Trinajstić information content (AvgIpc) is 2.79. The number of anilines is 1. The summed E-state index contributed by atoms with van der Waals surface area (Å²) in [4.78, 5) is 6.46. The number of rotatable bonds is 4. The molecule has 2 heterocycles. The molecular formula is C16H20N3O+. The van der Waals surface area contributed by atoms with Gasteiger partial charge in [0.25, 0.3) is 0 Å². The summed E-state index contributed by atoms with van der Waals surface area (Å²) in [6.45, 7) is 3.48. The Morgan fingerprint density at radius 1 is 1.30 bits per heavy atom. The van der Waals surface area contributed by atoms with E-state index >= 15 is 0 Å². The first-order valence-electron chi connectivity index (χ1n) is 7.15. The Morgan fingerprint density at radius 3 is 2.85 bits per heavy atom. The van der Waals surface area contributed by atoms with Crippen LogP contribution in [0, 0.1) is 0 Å². The Bertz CT molecular complexity index is 587. The molecule has 4 nitrogen and oxygen atoms in total. The molecule has 0 radical (unpaired) electrons. The van der Waals surface area contributed by atoms with E-state index in [1.165, 1.54) is 0 Å². The van der Waals surface area contributed by atoms with Crippen LogP contribution < -0.4 is 9.47 Å². The summed E-state index contributed by atoms with van der Waals surface area (Å²) in [6.07, 6.45) is 5.88. The van der Waals surface area contributed by atoms with Gasteiger partial charge in [0.05, 0.1) is 12.7 Å². The van der Waals surface area contributed by atoms with E-state index in [1.54, 1.807) is 6.20 Å². The van der Waals surface area contributed by atoms with Crippen LogP contribution in [0.2, 0.25) is 0 Å². The molecule has 2 aromatic rings. The number of hydrogen-bond acceptors (Lipinski definition) is 3. The van der Waals surface area contributed by atoms with Gasteiger partial charge in [0.15, 0.2) is 0 Å². The Hall–Kier alpha value is -1.94. The largest absolute Gasteiger partial charge is 0.396 e. The second-order valence-electron chi connectivity index (χ2n) is 5.24. The van der Waals surface area contributed by atoms with Gasteiger partial charge in [0.2, 0.25) is 5.72 Å². The van der Waals surface area contributed by atoms with E-state index in [9.17, 15) is 5.11 Å². The van der Waals surface area contributed by atoms with Crippen molar-refractivity contribution in [1.29, 1.82) is 0 Å². The highest BCUT2D eigenvalue weighted by atomic mass is 16.3. The Kier molecular flexibility index (Phi) is 3.40. The molecule has 0 fully saturated rings. The molecule has 0 saturated heterocycles. The summed E-state index contributed by atoms with van der Waals surface area (Å²) in [7, 11) is 0. The van der Waals surface area contributed by atoms with Crippen molar-refractivity contribution >= 4 is 5.95 Å². The molecule has 1 aromatic heterocycles. The van der Waals surface area contributed by atoms with Gasteiger partial charge in [-0.15, -0.1) is 0 Å². The minimum atomic E-state index is -1.00. The van der Waals surface area contributed by atoms with Crippen molar-refractivity contribution in [3.05, 3.63) is 54.4 Å². The van der Waals surface area contributed by atoms with Crippen molar-refractivity contribution in [3.63, 3.8) is 0 Å². The molecule has 4 heteroatoms. The zero-order valence-electron chi connectivity index (χ0n) is 11.7. The minimum absolute atomic E-state index is 0.518. The maximum atomic E-state index is 11.2. The van der Waals surface area contributed by atoms with E-state index in [0.29, 0.717) is 6.54 Å². The molecule has 1 N–H and O–H groups in total. The third-order valence-electron chi connectivity index (χ3n) is 3.85. The lowest BCUT2D eigenvalue weighted by Gasteiger charge is -2.28. The fourth-order valence-electron chi connectivity index (χ4n) is 2.78. The molecule has 104 valence electrons. The van der Waals surface area contributed by atoms with Crippen LogP contribution in [-0.2, 0) is 12.3 Å². The molecule has 1 atom stereocenters. The number of nitrogens with zero attached hydrogens (tertiary/aromatic N) is 3. The highest BCUT2D eigenvalue weighted by Gasteiger charge is 2.50. The molecular weight excluding hydrogens is 250 g/mol. The highest BCUT2D eigenvalue weighted by Crippen LogP contribution is 2.33. The van der Waals surface area contributed by atoms with Crippen LogP contribution in [-0.4, -0.2) is 16.6 Å². The molecule has 0 bridgehead atoms. The Labute approximate surface area is 119 Å². The Balaban J connectivity index is 2.03. The van der Waals surface area contributed by atoms with Crippen LogP contribution in [0.3, 0.4) is 0 Å². The van der Waals surface area contributed by atoms with Crippen molar-refractivity contribution in [2.75, 3.05) is 11.4 Å². The van der Waals surface area contributed by atoms with Gasteiger partial charge in [-0.2, -0.15) is 0 Å². The second-order valence-corrected chi connectivity index (χ2v) is 5.24. The predicted molar refractivity (Wildman–Crippen MR) is 77.0 cm³/mol. The number of unbranched alkanes of at least 4 members (excludes halogenated alkanes) is 1. The molecule has 0 amide bonds. The lowest BCUT2D eigenvalue weighted by molar-refractivity contribution is -0.685. The van der Waals surface area contributed by atoms with Crippen LogP contribution in [0.4, 0.5) is 5.95 Å². The van der Waals surface area contributed by atoms with Gasteiger partial charge >= 0.3 is 5.95 Å². The molecule has 0 saturated carbocycles. The summed E-state index contributed by atoms with van der Waals surface area (Å²) in [5.74, 6) is 0.840. The van der Waals surface area contributed by atoms with Crippen LogP contribution in [0.5, 0.6) is 0 Å². The van der Waals surface area contributed by atoms with E-state index in [-0.39, 0.29) is 0 Å². The molecule has 0 spiro atoms. The maximum Gasteiger partial charge on any atom is 0.396 e. The van der Waals surface area contributed by atoms with E-state index in [1.807, 2.05) is 52.1 Å². The SMILES string of the molecule is CCCCN1c2nccc[n+]2C[C@@]1(O)c1ccccc1. The maximum absolute atomic E-state index is 11.2. The van der Waals surface area contributed by atoms with Gasteiger partial charge in [-0.25, -0.2) is 9.47 Å². The van der Waals surface area contributed by atoms with E-state index in [4.69, 9.17) is 0 Å². The first-order chi connectivity index (χ1) is 9.75. The van der Waals surface area contributed by atoms with Crippen molar-refractivity contribution in [2.24, 2.45) is 0 Å². The Morgan fingerprint density at radius 2 is 2.10 bits per heavy atom. The lowest BCUT2D eigenvalue weighted by Crippen LogP contribution is -2.46. The molecule has 1 aliphatic heterocycles. The predicted octanol–water partition coefficient (Wildman–Crippen LogP) is 1.83. The minimum Gasteiger partial charge on any atom is -0.353 e. The fraction of sp³-hybridized carbons (Fsp3) is 0.375. The summed E-state index contributed by atoms with van der Waals surface area (Å²) in [5.41, 5.74) is -0.0840. The molecule has 0 aliphatic carbocycles. The van der Waals surface area contributed by atoms with Crippen LogP contribution in [0.1, 0.15) is 25.3 Å². The van der Waals surface area contributed by atoms with Crippen LogP contribution in [0.25, 0.3) is 0 Å². The number of hydrogen-bond donors (Lipinski definition) is 1. The van der Waals surface area contributed by atoms with Gasteiger partial charge < -0.3 is 5.11 Å². The molecule has 1 aliphatic rings. The monoisotopic (exact) mass is 270 g/mol. The number of aromatic nitrogens is 2. The van der Waals surface area contributed by atoms with Crippen LogP contribution >= 0.6 is 0 Å². The number of fused-ring (bicyclic) bond motifs is 1. The van der Waals surface area contributed by atoms with E-state index in [0.717, 1.165) is 30.9 Å². The second kappa shape index (κ2) is 5.21. The topological polar surface area (TPSA) is 40.2 Å². The molecule has 20 heavy (non-hydrogen) atoms. The van der Waals surface area contributed by atoms with Crippen molar-refractivity contribution in [2.45, 2.75) is 32.0 Å². The normalized spacial score (nSPS) is 21.0. The van der Waals surface area contributed by atoms with Crippen molar-refractivity contribution < 1.29 is 9.67 Å². The van der Waals surface area contributed by atoms with Gasteiger partial charge in [-0.05, 0) is 6.42 Å². The standard InChI is InChI=1S/C16H20N3O/c1-2-3-12-19-15-17-10-7-11-18(15)13-16(19,20)14-8-5-4-6-9-14/h4-11,20H,2-3,12-13H2,1H3/q+1/t16-/m1/s1. The van der Waals surface area contributed by atoms with Crippen LogP contribution in [0.15, 0.2) is 48.8 Å². The molecule has 1 aromatic carbocycles. The van der Waals surface area contributed by atoms with Crippen molar-refractivity contribution in [3.8, 4) is 0 Å². The average molecular weight is 270 g/mol.